The Morgan fingerprint density at radius 1 is 1.10 bits per heavy atom. The van der Waals surface area contributed by atoms with E-state index in [-0.39, 0.29) is 0 Å². The Morgan fingerprint density at radius 2 is 1.95 bits per heavy atom. The third-order valence-corrected chi connectivity index (χ3v) is 4.62. The Bertz CT molecular complexity index is 751. The molecule has 3 aromatic rings. The molecule has 3 N–H and O–H groups in total. The molecule has 0 aliphatic heterocycles. The molecule has 0 unspecified atom stereocenters. The molecule has 0 amide bonds. The minimum absolute atomic E-state index is 0.661. The standard InChI is InChI=1S/C17H18N2OS/c1-20-14-7-4-6-13-17(14)16(11-19-13)21-15-8-3-2-5-12(15)9-10-18/h2-8,11,19H,9-10,18H2,1H3. The zero-order valence-corrected chi connectivity index (χ0v) is 12.7. The average Bonchev–Trinajstić information content (AvgIpc) is 2.93. The van der Waals surface area contributed by atoms with Crippen molar-refractivity contribution in [2.24, 2.45) is 5.73 Å². The van der Waals surface area contributed by atoms with Gasteiger partial charge in [0.1, 0.15) is 5.75 Å². The Hall–Kier alpha value is -1.91. The van der Waals surface area contributed by atoms with Gasteiger partial charge in [0.2, 0.25) is 0 Å². The minimum atomic E-state index is 0.661. The van der Waals surface area contributed by atoms with Crippen LogP contribution in [0.15, 0.2) is 58.5 Å². The van der Waals surface area contributed by atoms with Gasteiger partial charge in [-0.3, -0.25) is 0 Å². The first-order valence-electron chi connectivity index (χ1n) is 6.93. The number of fused-ring (bicyclic) bond motifs is 1. The van der Waals surface area contributed by atoms with Crippen molar-refractivity contribution in [3.05, 3.63) is 54.2 Å². The monoisotopic (exact) mass is 298 g/mol. The predicted octanol–water partition coefficient (Wildman–Crippen LogP) is 3.83. The predicted molar refractivity (Wildman–Crippen MR) is 88.2 cm³/mol. The molecule has 2 aromatic carbocycles. The summed E-state index contributed by atoms with van der Waals surface area (Å²) in [6, 6.07) is 14.5. The van der Waals surface area contributed by atoms with Gasteiger partial charge in [-0.05, 0) is 36.7 Å². The van der Waals surface area contributed by atoms with E-state index in [1.54, 1.807) is 18.9 Å². The summed E-state index contributed by atoms with van der Waals surface area (Å²) in [5.41, 5.74) is 8.08. The van der Waals surface area contributed by atoms with E-state index in [1.165, 1.54) is 15.4 Å². The minimum Gasteiger partial charge on any atom is -0.496 e. The lowest BCUT2D eigenvalue weighted by Gasteiger charge is -2.08. The van der Waals surface area contributed by atoms with Gasteiger partial charge in [0.15, 0.2) is 0 Å². The van der Waals surface area contributed by atoms with Crippen molar-refractivity contribution >= 4 is 22.7 Å². The number of rotatable bonds is 5. The maximum absolute atomic E-state index is 5.70. The summed E-state index contributed by atoms with van der Waals surface area (Å²) in [5.74, 6) is 0.896. The highest BCUT2D eigenvalue weighted by atomic mass is 32.2. The van der Waals surface area contributed by atoms with Crippen molar-refractivity contribution in [2.75, 3.05) is 13.7 Å². The molecule has 3 nitrogen and oxygen atoms in total. The van der Waals surface area contributed by atoms with Crippen molar-refractivity contribution in [3.63, 3.8) is 0 Å². The fourth-order valence-corrected chi connectivity index (χ4v) is 3.57. The number of hydrogen-bond acceptors (Lipinski definition) is 3. The number of nitrogens with one attached hydrogen (secondary N) is 1. The molecular weight excluding hydrogens is 280 g/mol. The van der Waals surface area contributed by atoms with Gasteiger partial charge in [0.05, 0.1) is 18.0 Å². The molecule has 0 atom stereocenters. The van der Waals surface area contributed by atoms with E-state index < -0.39 is 0 Å². The quantitative estimate of drug-likeness (QED) is 0.752. The first kappa shape index (κ1) is 14.0. The van der Waals surface area contributed by atoms with Crippen LogP contribution >= 0.6 is 11.8 Å². The van der Waals surface area contributed by atoms with Gasteiger partial charge in [-0.2, -0.15) is 0 Å². The molecule has 21 heavy (non-hydrogen) atoms. The molecule has 0 aliphatic carbocycles. The van der Waals surface area contributed by atoms with Crippen molar-refractivity contribution in [2.45, 2.75) is 16.2 Å². The lowest BCUT2D eigenvalue weighted by atomic mass is 10.1. The molecule has 0 radical (unpaired) electrons. The highest BCUT2D eigenvalue weighted by Gasteiger charge is 2.11. The van der Waals surface area contributed by atoms with Crippen LogP contribution in [-0.4, -0.2) is 18.6 Å². The summed E-state index contributed by atoms with van der Waals surface area (Å²) in [5, 5.41) is 1.13. The van der Waals surface area contributed by atoms with E-state index in [4.69, 9.17) is 10.5 Å². The normalized spacial score (nSPS) is 11.0. The number of benzene rings is 2. The van der Waals surface area contributed by atoms with E-state index in [9.17, 15) is 0 Å². The summed E-state index contributed by atoms with van der Waals surface area (Å²) in [4.78, 5) is 5.73. The van der Waals surface area contributed by atoms with Crippen LogP contribution in [0.3, 0.4) is 0 Å². The molecule has 0 aliphatic rings. The maximum atomic E-state index is 5.70. The highest BCUT2D eigenvalue weighted by molar-refractivity contribution is 7.99. The molecule has 0 spiro atoms. The molecule has 1 heterocycles. The van der Waals surface area contributed by atoms with Crippen LogP contribution in [0.1, 0.15) is 5.56 Å². The van der Waals surface area contributed by atoms with Crippen LogP contribution in [0, 0.1) is 0 Å². The second-order valence-electron chi connectivity index (χ2n) is 4.78. The van der Waals surface area contributed by atoms with E-state index in [2.05, 4.69) is 35.3 Å². The Kier molecular flexibility index (Phi) is 4.18. The fourth-order valence-electron chi connectivity index (χ4n) is 2.46. The lowest BCUT2D eigenvalue weighted by molar-refractivity contribution is 0.419. The van der Waals surface area contributed by atoms with E-state index >= 15 is 0 Å². The van der Waals surface area contributed by atoms with Crippen molar-refractivity contribution in [1.82, 2.24) is 4.98 Å². The molecule has 0 saturated carbocycles. The van der Waals surface area contributed by atoms with Crippen molar-refractivity contribution in [3.8, 4) is 5.75 Å². The second-order valence-corrected chi connectivity index (χ2v) is 5.87. The summed E-state index contributed by atoms with van der Waals surface area (Å²) >= 11 is 1.75. The van der Waals surface area contributed by atoms with E-state index in [1.807, 2.05) is 18.3 Å². The largest absolute Gasteiger partial charge is 0.496 e. The summed E-state index contributed by atoms with van der Waals surface area (Å²) in [6.45, 7) is 0.661. The van der Waals surface area contributed by atoms with Crippen LogP contribution in [0.25, 0.3) is 10.9 Å². The van der Waals surface area contributed by atoms with Gasteiger partial charge in [0, 0.05) is 16.0 Å². The lowest BCUT2D eigenvalue weighted by Crippen LogP contribution is -2.03. The molecule has 108 valence electrons. The van der Waals surface area contributed by atoms with Gasteiger partial charge in [-0.25, -0.2) is 0 Å². The molecular formula is C17H18N2OS. The molecule has 0 saturated heterocycles. The van der Waals surface area contributed by atoms with Crippen molar-refractivity contribution in [1.29, 1.82) is 0 Å². The van der Waals surface area contributed by atoms with Crippen LogP contribution in [0.4, 0.5) is 0 Å². The van der Waals surface area contributed by atoms with Gasteiger partial charge in [0.25, 0.3) is 0 Å². The number of aromatic nitrogens is 1. The maximum Gasteiger partial charge on any atom is 0.129 e. The third kappa shape index (κ3) is 2.77. The van der Waals surface area contributed by atoms with Crippen molar-refractivity contribution < 1.29 is 4.74 Å². The summed E-state index contributed by atoms with van der Waals surface area (Å²) < 4.78 is 5.49. The van der Waals surface area contributed by atoms with Gasteiger partial charge >= 0.3 is 0 Å². The van der Waals surface area contributed by atoms with Gasteiger partial charge < -0.3 is 15.5 Å². The molecule has 4 heteroatoms. The number of H-pyrrole nitrogens is 1. The Balaban J connectivity index is 2.03. The molecule has 3 rings (SSSR count). The average molecular weight is 298 g/mol. The summed E-state index contributed by atoms with van der Waals surface area (Å²) in [6.07, 6.45) is 2.93. The zero-order valence-electron chi connectivity index (χ0n) is 11.9. The Labute approximate surface area is 128 Å². The fraction of sp³-hybridized carbons (Fsp3) is 0.176. The Morgan fingerprint density at radius 3 is 2.76 bits per heavy atom. The van der Waals surface area contributed by atoms with Crippen LogP contribution < -0.4 is 10.5 Å². The topological polar surface area (TPSA) is 51.0 Å². The molecule has 0 fully saturated rings. The van der Waals surface area contributed by atoms with Crippen LogP contribution in [-0.2, 0) is 6.42 Å². The van der Waals surface area contributed by atoms with Gasteiger partial charge in [-0.15, -0.1) is 0 Å². The smallest absolute Gasteiger partial charge is 0.129 e. The number of methoxy groups -OCH3 is 1. The second kappa shape index (κ2) is 6.24. The van der Waals surface area contributed by atoms with Crippen LogP contribution in [0.2, 0.25) is 0 Å². The highest BCUT2D eigenvalue weighted by Crippen LogP contribution is 2.39. The number of nitrogens with two attached hydrogens (primary N) is 1. The first-order valence-corrected chi connectivity index (χ1v) is 7.75. The zero-order chi connectivity index (χ0) is 14.7. The van der Waals surface area contributed by atoms with E-state index in [0.29, 0.717) is 6.54 Å². The third-order valence-electron chi connectivity index (χ3n) is 3.46. The van der Waals surface area contributed by atoms with E-state index in [0.717, 1.165) is 23.1 Å². The van der Waals surface area contributed by atoms with Gasteiger partial charge in [-0.1, -0.05) is 36.0 Å². The molecule has 1 aromatic heterocycles. The molecule has 0 bridgehead atoms. The first-order chi connectivity index (χ1) is 10.3. The number of ether oxygens (including phenoxy) is 1. The summed E-state index contributed by atoms with van der Waals surface area (Å²) in [7, 11) is 1.71. The van der Waals surface area contributed by atoms with Crippen LogP contribution in [0.5, 0.6) is 5.75 Å². The number of aromatic amines is 1. The number of hydrogen-bond donors (Lipinski definition) is 2. The SMILES string of the molecule is COc1cccc2[nH]cc(Sc3ccccc3CCN)c12.